The van der Waals surface area contributed by atoms with Crippen molar-refractivity contribution >= 4 is 29.4 Å². The van der Waals surface area contributed by atoms with Crippen molar-refractivity contribution in [3.63, 3.8) is 0 Å². The molecular weight excluding hydrogens is 276 g/mol. The van der Waals surface area contributed by atoms with E-state index >= 15 is 0 Å². The van der Waals surface area contributed by atoms with Crippen molar-refractivity contribution in [2.24, 2.45) is 5.92 Å². The summed E-state index contributed by atoms with van der Waals surface area (Å²) in [4.78, 5) is 24.6. The number of benzene rings is 1. The highest BCUT2D eigenvalue weighted by molar-refractivity contribution is 7.99. The molecule has 1 fully saturated rings. The van der Waals surface area contributed by atoms with E-state index in [2.05, 4.69) is 5.32 Å². The SMILES string of the molecule is CN(C(=O)NCC1CCSC1)c1ccccc1C(=O)O. The molecule has 2 N–H and O–H groups in total. The molecule has 2 amide bonds. The molecule has 1 aromatic rings. The van der Waals surface area contributed by atoms with Crippen molar-refractivity contribution in [2.75, 3.05) is 30.0 Å². The lowest BCUT2D eigenvalue weighted by molar-refractivity contribution is 0.0697. The zero-order chi connectivity index (χ0) is 14.5. The molecular formula is C14H18N2O3S. The first-order chi connectivity index (χ1) is 9.59. The molecule has 5 nitrogen and oxygen atoms in total. The fourth-order valence-electron chi connectivity index (χ4n) is 2.15. The van der Waals surface area contributed by atoms with Crippen LogP contribution in [0.15, 0.2) is 24.3 Å². The molecule has 1 aliphatic heterocycles. The predicted octanol–water partition coefficient (Wildman–Crippen LogP) is 2.28. The third-order valence-electron chi connectivity index (χ3n) is 3.37. The molecule has 1 heterocycles. The monoisotopic (exact) mass is 294 g/mol. The lowest BCUT2D eigenvalue weighted by Gasteiger charge is -2.21. The predicted molar refractivity (Wildman–Crippen MR) is 80.6 cm³/mol. The highest BCUT2D eigenvalue weighted by Crippen LogP contribution is 2.23. The normalized spacial score (nSPS) is 17.8. The number of amides is 2. The second kappa shape index (κ2) is 6.65. The Morgan fingerprint density at radius 2 is 2.20 bits per heavy atom. The van der Waals surface area contributed by atoms with E-state index in [9.17, 15) is 9.59 Å². The van der Waals surface area contributed by atoms with Gasteiger partial charge in [0.25, 0.3) is 0 Å². The number of carboxylic acid groups (broad SMARTS) is 1. The van der Waals surface area contributed by atoms with E-state index in [-0.39, 0.29) is 11.6 Å². The Bertz CT molecular complexity index is 501. The number of carbonyl (C=O) groups excluding carboxylic acids is 1. The Morgan fingerprint density at radius 1 is 1.45 bits per heavy atom. The first-order valence-electron chi connectivity index (χ1n) is 6.51. The lowest BCUT2D eigenvalue weighted by atomic mass is 10.1. The van der Waals surface area contributed by atoms with Gasteiger partial charge in [0.2, 0.25) is 0 Å². The second-order valence-electron chi connectivity index (χ2n) is 4.80. The molecule has 2 rings (SSSR count). The van der Waals surface area contributed by atoms with E-state index in [1.165, 1.54) is 11.0 Å². The van der Waals surface area contributed by atoms with E-state index in [1.807, 2.05) is 11.8 Å². The van der Waals surface area contributed by atoms with Gasteiger partial charge in [0.05, 0.1) is 11.3 Å². The quantitative estimate of drug-likeness (QED) is 0.894. The molecule has 1 aromatic carbocycles. The molecule has 0 radical (unpaired) electrons. The van der Waals surface area contributed by atoms with Gasteiger partial charge in [-0.05, 0) is 36.0 Å². The summed E-state index contributed by atoms with van der Waals surface area (Å²) >= 11 is 1.90. The van der Waals surface area contributed by atoms with Gasteiger partial charge in [0, 0.05) is 13.6 Å². The van der Waals surface area contributed by atoms with Gasteiger partial charge in [-0.2, -0.15) is 11.8 Å². The van der Waals surface area contributed by atoms with Crippen LogP contribution in [0.25, 0.3) is 0 Å². The van der Waals surface area contributed by atoms with Crippen LogP contribution in [0.5, 0.6) is 0 Å². The molecule has 1 aliphatic rings. The summed E-state index contributed by atoms with van der Waals surface area (Å²) in [6.07, 6.45) is 1.13. The number of anilines is 1. The van der Waals surface area contributed by atoms with Crippen molar-refractivity contribution in [3.05, 3.63) is 29.8 Å². The number of rotatable bonds is 4. The van der Waals surface area contributed by atoms with Crippen LogP contribution in [0.3, 0.4) is 0 Å². The van der Waals surface area contributed by atoms with Gasteiger partial charge in [0.15, 0.2) is 0 Å². The maximum Gasteiger partial charge on any atom is 0.337 e. The van der Waals surface area contributed by atoms with E-state index in [0.717, 1.165) is 17.9 Å². The molecule has 1 unspecified atom stereocenters. The van der Waals surface area contributed by atoms with Crippen molar-refractivity contribution in [3.8, 4) is 0 Å². The summed E-state index contributed by atoms with van der Waals surface area (Å²) in [5, 5.41) is 12.0. The topological polar surface area (TPSA) is 69.6 Å². The van der Waals surface area contributed by atoms with Crippen LogP contribution in [0.2, 0.25) is 0 Å². The van der Waals surface area contributed by atoms with Gasteiger partial charge in [-0.3, -0.25) is 4.90 Å². The molecule has 0 spiro atoms. The van der Waals surface area contributed by atoms with Crippen molar-refractivity contribution in [1.29, 1.82) is 0 Å². The average molecular weight is 294 g/mol. The maximum absolute atomic E-state index is 12.1. The number of urea groups is 1. The zero-order valence-electron chi connectivity index (χ0n) is 11.3. The first-order valence-corrected chi connectivity index (χ1v) is 7.66. The third kappa shape index (κ3) is 3.45. The first kappa shape index (κ1) is 14.7. The Balaban J connectivity index is 2.00. The van der Waals surface area contributed by atoms with Crippen molar-refractivity contribution < 1.29 is 14.7 Å². The summed E-state index contributed by atoms with van der Waals surface area (Å²) < 4.78 is 0. The molecule has 0 bridgehead atoms. The summed E-state index contributed by atoms with van der Waals surface area (Å²) in [5.74, 6) is 1.72. The molecule has 6 heteroatoms. The van der Waals surface area contributed by atoms with Crippen LogP contribution in [-0.2, 0) is 0 Å². The minimum Gasteiger partial charge on any atom is -0.478 e. The summed E-state index contributed by atoms with van der Waals surface area (Å²) in [7, 11) is 1.58. The minimum absolute atomic E-state index is 0.126. The highest BCUT2D eigenvalue weighted by atomic mass is 32.2. The van der Waals surface area contributed by atoms with Crippen LogP contribution < -0.4 is 10.2 Å². The van der Waals surface area contributed by atoms with Gasteiger partial charge in [-0.1, -0.05) is 12.1 Å². The largest absolute Gasteiger partial charge is 0.478 e. The summed E-state index contributed by atoms with van der Waals surface area (Å²) in [6, 6.07) is 6.23. The standard InChI is InChI=1S/C14H18N2O3S/c1-16(12-5-3-2-4-11(12)13(17)18)14(19)15-8-10-6-7-20-9-10/h2-5,10H,6-9H2,1H3,(H,15,19)(H,17,18). The molecule has 0 aromatic heterocycles. The maximum atomic E-state index is 12.1. The smallest absolute Gasteiger partial charge is 0.337 e. The van der Waals surface area contributed by atoms with Gasteiger partial charge in [-0.15, -0.1) is 0 Å². The van der Waals surface area contributed by atoms with Crippen molar-refractivity contribution in [2.45, 2.75) is 6.42 Å². The molecule has 1 saturated heterocycles. The zero-order valence-corrected chi connectivity index (χ0v) is 12.2. The molecule has 0 aliphatic carbocycles. The van der Waals surface area contributed by atoms with Gasteiger partial charge < -0.3 is 10.4 Å². The third-order valence-corrected chi connectivity index (χ3v) is 4.60. The highest BCUT2D eigenvalue weighted by Gasteiger charge is 2.20. The summed E-state index contributed by atoms with van der Waals surface area (Å²) in [5.41, 5.74) is 0.528. The number of nitrogens with zero attached hydrogens (tertiary/aromatic N) is 1. The number of nitrogens with one attached hydrogen (secondary N) is 1. The number of aromatic carboxylic acids is 1. The Labute approximate surface area is 122 Å². The second-order valence-corrected chi connectivity index (χ2v) is 5.95. The molecule has 108 valence electrons. The van der Waals surface area contributed by atoms with Crippen LogP contribution in [-0.4, -0.2) is 42.2 Å². The number of hydrogen-bond acceptors (Lipinski definition) is 3. The van der Waals surface area contributed by atoms with Crippen LogP contribution in [0.4, 0.5) is 10.5 Å². The average Bonchev–Trinajstić information content (AvgIpc) is 2.97. The van der Waals surface area contributed by atoms with Crippen LogP contribution in [0, 0.1) is 5.92 Å². The van der Waals surface area contributed by atoms with Crippen LogP contribution >= 0.6 is 11.8 Å². The number of carbonyl (C=O) groups is 2. The van der Waals surface area contributed by atoms with E-state index in [4.69, 9.17) is 5.11 Å². The van der Waals surface area contributed by atoms with E-state index < -0.39 is 5.97 Å². The Morgan fingerprint density at radius 3 is 2.85 bits per heavy atom. The fraction of sp³-hybridized carbons (Fsp3) is 0.429. The van der Waals surface area contributed by atoms with Crippen LogP contribution in [0.1, 0.15) is 16.8 Å². The minimum atomic E-state index is -1.03. The van der Waals surface area contributed by atoms with Gasteiger partial charge in [0.1, 0.15) is 0 Å². The number of carboxylic acids is 1. The van der Waals surface area contributed by atoms with E-state index in [1.54, 1.807) is 25.2 Å². The van der Waals surface area contributed by atoms with Gasteiger partial charge >= 0.3 is 12.0 Å². The number of hydrogen-bond donors (Lipinski definition) is 2. The summed E-state index contributed by atoms with van der Waals surface area (Å²) in [6.45, 7) is 0.644. The van der Waals surface area contributed by atoms with Gasteiger partial charge in [-0.25, -0.2) is 9.59 Å². The number of thioether (sulfide) groups is 1. The molecule has 0 saturated carbocycles. The fourth-order valence-corrected chi connectivity index (χ4v) is 3.44. The molecule has 20 heavy (non-hydrogen) atoms. The Hall–Kier alpha value is -1.69. The molecule has 1 atom stereocenters. The number of para-hydroxylation sites is 1. The van der Waals surface area contributed by atoms with E-state index in [0.29, 0.717) is 18.2 Å². The Kier molecular flexibility index (Phi) is 4.89. The van der Waals surface area contributed by atoms with Crippen molar-refractivity contribution in [1.82, 2.24) is 5.32 Å². The lowest BCUT2D eigenvalue weighted by Crippen LogP contribution is -2.40.